The Morgan fingerprint density at radius 3 is 2.11 bits per heavy atom. The zero-order valence-corrected chi connectivity index (χ0v) is 18.3. The second-order valence-corrected chi connectivity index (χ2v) is 10.1. The van der Waals surface area contributed by atoms with Gasteiger partial charge in [0.15, 0.2) is 0 Å². The van der Waals surface area contributed by atoms with Crippen molar-refractivity contribution in [3.05, 3.63) is 64.7 Å². The molecule has 1 aliphatic rings. The summed E-state index contributed by atoms with van der Waals surface area (Å²) in [6.07, 6.45) is 3.77. The zero-order chi connectivity index (χ0) is 20.3. The molecule has 152 valence electrons. The summed E-state index contributed by atoms with van der Waals surface area (Å²) in [6, 6.07) is 15.6. The fourth-order valence-corrected chi connectivity index (χ4v) is 5.51. The standard InChI is InChI=1S/C22H29ClN2O2S/c1-16(24-2)17-4-6-18(7-5-17)19-8-12-21(13-9-19)25(3)28(26,27)22-14-10-20(23)11-15-22/h4-7,10-11,14-16,19,21,24H,8-9,12-13H2,1-3H3. The molecule has 6 heteroatoms. The van der Waals surface area contributed by atoms with Crippen LogP contribution in [0.25, 0.3) is 0 Å². The highest BCUT2D eigenvalue weighted by Crippen LogP contribution is 2.36. The molecule has 2 aromatic rings. The third-order valence-electron chi connectivity index (χ3n) is 6.04. The van der Waals surface area contributed by atoms with Crippen LogP contribution < -0.4 is 5.32 Å². The number of rotatable bonds is 6. The summed E-state index contributed by atoms with van der Waals surface area (Å²) >= 11 is 5.89. The first kappa shape index (κ1) is 21.3. The molecule has 0 aliphatic heterocycles. The Morgan fingerprint density at radius 1 is 1.00 bits per heavy atom. The molecule has 0 radical (unpaired) electrons. The van der Waals surface area contributed by atoms with Gasteiger partial charge < -0.3 is 5.32 Å². The van der Waals surface area contributed by atoms with Crippen molar-refractivity contribution in [1.82, 2.24) is 9.62 Å². The van der Waals surface area contributed by atoms with Crippen LogP contribution in [-0.2, 0) is 10.0 Å². The SMILES string of the molecule is CNC(C)c1ccc(C2CCC(N(C)S(=O)(=O)c3ccc(Cl)cc3)CC2)cc1. The molecule has 0 heterocycles. The number of nitrogens with zero attached hydrogens (tertiary/aromatic N) is 1. The molecule has 1 unspecified atom stereocenters. The van der Waals surface area contributed by atoms with Crippen LogP contribution in [0.3, 0.4) is 0 Å². The second-order valence-electron chi connectivity index (χ2n) is 7.66. The molecule has 0 amide bonds. The van der Waals surface area contributed by atoms with Gasteiger partial charge in [-0.1, -0.05) is 35.9 Å². The molecule has 4 nitrogen and oxygen atoms in total. The Kier molecular flexibility index (Phi) is 6.81. The highest BCUT2D eigenvalue weighted by molar-refractivity contribution is 7.89. The van der Waals surface area contributed by atoms with Gasteiger partial charge >= 0.3 is 0 Å². The normalized spacial score (nSPS) is 21.6. The minimum atomic E-state index is -3.49. The van der Waals surface area contributed by atoms with E-state index in [4.69, 9.17) is 11.6 Å². The summed E-state index contributed by atoms with van der Waals surface area (Å²) in [5.41, 5.74) is 2.64. The lowest BCUT2D eigenvalue weighted by Crippen LogP contribution is -2.39. The maximum atomic E-state index is 12.9. The van der Waals surface area contributed by atoms with Crippen LogP contribution in [0.5, 0.6) is 0 Å². The highest BCUT2D eigenvalue weighted by Gasteiger charge is 2.31. The van der Waals surface area contributed by atoms with Gasteiger partial charge in [0.2, 0.25) is 10.0 Å². The Bertz CT molecular complexity index is 874. The summed E-state index contributed by atoms with van der Waals surface area (Å²) in [6.45, 7) is 2.15. The van der Waals surface area contributed by atoms with E-state index >= 15 is 0 Å². The van der Waals surface area contributed by atoms with Crippen LogP contribution in [0.15, 0.2) is 53.4 Å². The van der Waals surface area contributed by atoms with Crippen LogP contribution in [-0.4, -0.2) is 32.9 Å². The number of benzene rings is 2. The van der Waals surface area contributed by atoms with E-state index in [2.05, 4.69) is 36.5 Å². The van der Waals surface area contributed by atoms with Gasteiger partial charge in [-0.05, 0) is 81.0 Å². The molecule has 3 rings (SSSR count). The average molecular weight is 421 g/mol. The molecule has 0 saturated heterocycles. The van der Waals surface area contributed by atoms with E-state index in [1.165, 1.54) is 11.1 Å². The van der Waals surface area contributed by atoms with E-state index < -0.39 is 10.0 Å². The van der Waals surface area contributed by atoms with Gasteiger partial charge in [-0.15, -0.1) is 0 Å². The Balaban J connectivity index is 1.63. The summed E-state index contributed by atoms with van der Waals surface area (Å²) in [7, 11) is 0.176. The fourth-order valence-electron chi connectivity index (χ4n) is 3.97. The summed E-state index contributed by atoms with van der Waals surface area (Å²) in [4.78, 5) is 0.302. The van der Waals surface area contributed by atoms with Crippen molar-refractivity contribution in [3.8, 4) is 0 Å². The van der Waals surface area contributed by atoms with Gasteiger partial charge in [-0.3, -0.25) is 0 Å². The Morgan fingerprint density at radius 2 is 1.57 bits per heavy atom. The van der Waals surface area contributed by atoms with Gasteiger partial charge in [-0.25, -0.2) is 8.42 Å². The minimum Gasteiger partial charge on any atom is -0.313 e. The smallest absolute Gasteiger partial charge is 0.243 e. The van der Waals surface area contributed by atoms with Crippen LogP contribution >= 0.6 is 11.6 Å². The van der Waals surface area contributed by atoms with Crippen LogP contribution in [0.1, 0.15) is 55.7 Å². The number of hydrogen-bond acceptors (Lipinski definition) is 3. The molecule has 1 fully saturated rings. The molecule has 2 aromatic carbocycles. The van der Waals surface area contributed by atoms with Crippen molar-refractivity contribution in [3.63, 3.8) is 0 Å². The maximum Gasteiger partial charge on any atom is 0.243 e. The van der Waals surface area contributed by atoms with Crippen molar-refractivity contribution in [2.24, 2.45) is 0 Å². The predicted molar refractivity (Wildman–Crippen MR) is 115 cm³/mol. The Labute approximate surface area is 174 Å². The lowest BCUT2D eigenvalue weighted by atomic mass is 9.81. The van der Waals surface area contributed by atoms with Gasteiger partial charge in [-0.2, -0.15) is 4.31 Å². The van der Waals surface area contributed by atoms with Crippen molar-refractivity contribution >= 4 is 21.6 Å². The van der Waals surface area contributed by atoms with Crippen molar-refractivity contribution < 1.29 is 8.42 Å². The summed E-state index contributed by atoms with van der Waals surface area (Å²) in [5.74, 6) is 0.502. The fraction of sp³-hybridized carbons (Fsp3) is 0.455. The largest absolute Gasteiger partial charge is 0.313 e. The van der Waals surface area contributed by atoms with Gasteiger partial charge in [0.1, 0.15) is 0 Å². The number of nitrogens with one attached hydrogen (secondary N) is 1. The lowest BCUT2D eigenvalue weighted by molar-refractivity contribution is 0.268. The number of sulfonamides is 1. The van der Waals surface area contributed by atoms with Crippen molar-refractivity contribution in [2.45, 2.75) is 55.5 Å². The van der Waals surface area contributed by atoms with Crippen LogP contribution in [0.2, 0.25) is 5.02 Å². The summed E-state index contributed by atoms with van der Waals surface area (Å²) in [5, 5.41) is 3.80. The third kappa shape index (κ3) is 4.60. The van der Waals surface area contributed by atoms with Gasteiger partial charge in [0, 0.05) is 24.2 Å². The monoisotopic (exact) mass is 420 g/mol. The van der Waals surface area contributed by atoms with E-state index in [0.717, 1.165) is 25.7 Å². The van der Waals surface area contributed by atoms with Gasteiger partial charge in [0.25, 0.3) is 0 Å². The molecule has 28 heavy (non-hydrogen) atoms. The molecule has 0 spiro atoms. The quantitative estimate of drug-likeness (QED) is 0.717. The number of halogens is 1. The number of hydrogen-bond donors (Lipinski definition) is 1. The topological polar surface area (TPSA) is 49.4 Å². The maximum absolute atomic E-state index is 12.9. The molecule has 1 N–H and O–H groups in total. The van der Waals surface area contributed by atoms with Crippen LogP contribution in [0.4, 0.5) is 0 Å². The molecule has 0 aromatic heterocycles. The molecule has 1 atom stereocenters. The first-order valence-corrected chi connectivity index (χ1v) is 11.7. The second kappa shape index (κ2) is 8.95. The predicted octanol–water partition coefficient (Wildman–Crippen LogP) is 4.97. The molecular weight excluding hydrogens is 392 g/mol. The molecule has 0 bridgehead atoms. The third-order valence-corrected chi connectivity index (χ3v) is 8.22. The Hall–Kier alpha value is -1.40. The zero-order valence-electron chi connectivity index (χ0n) is 16.7. The van der Waals surface area contributed by atoms with E-state index in [0.29, 0.717) is 21.9 Å². The first-order chi connectivity index (χ1) is 13.3. The molecule has 1 aliphatic carbocycles. The minimum absolute atomic E-state index is 0.0421. The lowest BCUT2D eigenvalue weighted by Gasteiger charge is -2.34. The highest BCUT2D eigenvalue weighted by atomic mass is 35.5. The van der Waals surface area contributed by atoms with E-state index in [-0.39, 0.29) is 6.04 Å². The van der Waals surface area contributed by atoms with Crippen LogP contribution in [0, 0.1) is 0 Å². The van der Waals surface area contributed by atoms with Crippen molar-refractivity contribution in [2.75, 3.05) is 14.1 Å². The molecular formula is C22H29ClN2O2S. The molecule has 1 saturated carbocycles. The summed E-state index contributed by atoms with van der Waals surface area (Å²) < 4.78 is 27.3. The van der Waals surface area contributed by atoms with E-state index in [1.807, 2.05) is 7.05 Å². The van der Waals surface area contributed by atoms with Gasteiger partial charge in [0.05, 0.1) is 4.90 Å². The van der Waals surface area contributed by atoms with Crippen molar-refractivity contribution in [1.29, 1.82) is 0 Å². The van der Waals surface area contributed by atoms with E-state index in [9.17, 15) is 8.42 Å². The first-order valence-electron chi connectivity index (χ1n) is 9.83. The van der Waals surface area contributed by atoms with E-state index in [1.54, 1.807) is 35.6 Å². The average Bonchev–Trinajstić information content (AvgIpc) is 2.73.